The van der Waals surface area contributed by atoms with Gasteiger partial charge in [0.15, 0.2) is 0 Å². The molecule has 1 rings (SSSR count). The van der Waals surface area contributed by atoms with Gasteiger partial charge in [0, 0.05) is 24.4 Å². The summed E-state index contributed by atoms with van der Waals surface area (Å²) in [5.74, 6) is 0.128. The number of ether oxygens (including phenoxy) is 1. The largest absolute Gasteiger partial charge is 0.380 e. The summed E-state index contributed by atoms with van der Waals surface area (Å²) in [5.41, 5.74) is 5.77. The molecule has 88 valence electrons. The van der Waals surface area contributed by atoms with Gasteiger partial charge in [-0.3, -0.25) is 4.79 Å². The third-order valence-corrected chi connectivity index (χ3v) is 2.68. The van der Waals surface area contributed by atoms with E-state index in [4.69, 9.17) is 10.5 Å². The molecular formula is C11H22N2O2. The Balaban J connectivity index is 2.03. The highest BCUT2D eigenvalue weighted by atomic mass is 16.5. The summed E-state index contributed by atoms with van der Waals surface area (Å²) in [5, 5.41) is 2.94. The maximum atomic E-state index is 11.4. The monoisotopic (exact) mass is 214 g/mol. The third kappa shape index (κ3) is 4.62. The third-order valence-electron chi connectivity index (χ3n) is 2.68. The SMILES string of the molecule is CC(N)CCCC(=O)NCC1(C)COC1. The van der Waals surface area contributed by atoms with Crippen molar-refractivity contribution in [3.63, 3.8) is 0 Å². The van der Waals surface area contributed by atoms with Crippen LogP contribution >= 0.6 is 0 Å². The van der Waals surface area contributed by atoms with Crippen LogP contribution in [0.15, 0.2) is 0 Å². The summed E-state index contributed by atoms with van der Waals surface area (Å²) in [6, 6.07) is 0.190. The summed E-state index contributed by atoms with van der Waals surface area (Å²) in [4.78, 5) is 11.4. The van der Waals surface area contributed by atoms with Gasteiger partial charge in [0.2, 0.25) is 5.91 Å². The lowest BCUT2D eigenvalue weighted by Crippen LogP contribution is -2.48. The second kappa shape index (κ2) is 5.47. The Morgan fingerprint density at radius 2 is 2.27 bits per heavy atom. The fourth-order valence-electron chi connectivity index (χ4n) is 1.54. The first-order valence-electron chi connectivity index (χ1n) is 5.62. The summed E-state index contributed by atoms with van der Waals surface area (Å²) in [6.07, 6.45) is 2.36. The minimum absolute atomic E-state index is 0.128. The van der Waals surface area contributed by atoms with Crippen molar-refractivity contribution in [3.8, 4) is 0 Å². The van der Waals surface area contributed by atoms with Gasteiger partial charge in [0.05, 0.1) is 13.2 Å². The van der Waals surface area contributed by atoms with Crippen molar-refractivity contribution in [2.24, 2.45) is 11.1 Å². The number of nitrogens with two attached hydrogens (primary N) is 1. The Morgan fingerprint density at radius 1 is 1.60 bits per heavy atom. The van der Waals surface area contributed by atoms with E-state index in [-0.39, 0.29) is 17.4 Å². The molecule has 0 bridgehead atoms. The number of amides is 1. The zero-order valence-electron chi connectivity index (χ0n) is 9.71. The zero-order valence-corrected chi connectivity index (χ0v) is 9.71. The van der Waals surface area contributed by atoms with E-state index >= 15 is 0 Å². The lowest BCUT2D eigenvalue weighted by atomic mass is 9.89. The number of nitrogens with one attached hydrogen (secondary N) is 1. The van der Waals surface area contributed by atoms with Crippen LogP contribution in [0.25, 0.3) is 0 Å². The van der Waals surface area contributed by atoms with Crippen LogP contribution in [0.4, 0.5) is 0 Å². The van der Waals surface area contributed by atoms with E-state index in [0.717, 1.165) is 32.6 Å². The van der Waals surface area contributed by atoms with Gasteiger partial charge < -0.3 is 15.8 Å². The van der Waals surface area contributed by atoms with Gasteiger partial charge in [-0.15, -0.1) is 0 Å². The minimum Gasteiger partial charge on any atom is -0.380 e. The molecule has 0 aromatic rings. The van der Waals surface area contributed by atoms with Crippen LogP contribution in [0.2, 0.25) is 0 Å². The number of hydrogen-bond acceptors (Lipinski definition) is 3. The van der Waals surface area contributed by atoms with Crippen LogP contribution in [0.3, 0.4) is 0 Å². The fraction of sp³-hybridized carbons (Fsp3) is 0.909. The lowest BCUT2D eigenvalue weighted by Gasteiger charge is -2.38. The molecule has 1 atom stereocenters. The molecule has 0 radical (unpaired) electrons. The lowest BCUT2D eigenvalue weighted by molar-refractivity contribution is -0.126. The zero-order chi connectivity index (χ0) is 11.3. The predicted octanol–water partition coefficient (Wildman–Crippen LogP) is 0.657. The maximum absolute atomic E-state index is 11.4. The van der Waals surface area contributed by atoms with Crippen LogP contribution < -0.4 is 11.1 Å². The normalized spacial score (nSPS) is 20.5. The first kappa shape index (κ1) is 12.5. The van der Waals surface area contributed by atoms with Gasteiger partial charge in [-0.05, 0) is 19.8 Å². The van der Waals surface area contributed by atoms with Gasteiger partial charge in [-0.25, -0.2) is 0 Å². The van der Waals surface area contributed by atoms with Crippen LogP contribution in [0.5, 0.6) is 0 Å². The molecule has 0 aromatic heterocycles. The first-order valence-corrected chi connectivity index (χ1v) is 5.62. The molecule has 1 amide bonds. The van der Waals surface area contributed by atoms with Gasteiger partial charge in [0.25, 0.3) is 0 Å². The number of rotatable bonds is 6. The smallest absolute Gasteiger partial charge is 0.220 e. The quantitative estimate of drug-likeness (QED) is 0.682. The van der Waals surface area contributed by atoms with Gasteiger partial charge in [-0.1, -0.05) is 6.92 Å². The van der Waals surface area contributed by atoms with E-state index in [1.165, 1.54) is 0 Å². The topological polar surface area (TPSA) is 64.4 Å². The fourth-order valence-corrected chi connectivity index (χ4v) is 1.54. The molecular weight excluding hydrogens is 192 g/mol. The van der Waals surface area contributed by atoms with Crippen LogP contribution in [0, 0.1) is 5.41 Å². The van der Waals surface area contributed by atoms with Gasteiger partial charge >= 0.3 is 0 Å². The average molecular weight is 214 g/mol. The molecule has 4 nitrogen and oxygen atoms in total. The average Bonchev–Trinajstić information content (AvgIpc) is 2.11. The van der Waals surface area contributed by atoms with Crippen molar-refractivity contribution in [1.29, 1.82) is 0 Å². The number of carbonyl (C=O) groups excluding carboxylic acids is 1. The molecule has 1 unspecified atom stereocenters. The molecule has 0 aliphatic carbocycles. The van der Waals surface area contributed by atoms with E-state index < -0.39 is 0 Å². The second-order valence-corrected chi connectivity index (χ2v) is 4.95. The Morgan fingerprint density at radius 3 is 2.73 bits per heavy atom. The summed E-state index contributed by atoms with van der Waals surface area (Å²) in [7, 11) is 0. The highest BCUT2D eigenvalue weighted by Gasteiger charge is 2.33. The Kier molecular flexibility index (Phi) is 4.54. The van der Waals surface area contributed by atoms with Crippen molar-refractivity contribution in [3.05, 3.63) is 0 Å². The molecule has 1 aliphatic rings. The minimum atomic E-state index is 0.128. The summed E-state index contributed by atoms with van der Waals surface area (Å²) < 4.78 is 5.11. The molecule has 0 aromatic carbocycles. The van der Waals surface area contributed by atoms with Crippen molar-refractivity contribution in [1.82, 2.24) is 5.32 Å². The number of hydrogen-bond donors (Lipinski definition) is 2. The van der Waals surface area contributed by atoms with E-state index in [2.05, 4.69) is 12.2 Å². The van der Waals surface area contributed by atoms with E-state index in [1.54, 1.807) is 0 Å². The molecule has 3 N–H and O–H groups in total. The Bertz CT molecular complexity index is 213. The molecule has 0 spiro atoms. The van der Waals surface area contributed by atoms with Crippen LogP contribution in [-0.2, 0) is 9.53 Å². The summed E-state index contributed by atoms with van der Waals surface area (Å²) in [6.45, 7) is 6.33. The predicted molar refractivity (Wildman–Crippen MR) is 59.4 cm³/mol. The van der Waals surface area contributed by atoms with Crippen molar-refractivity contribution < 1.29 is 9.53 Å². The molecule has 1 aliphatic heterocycles. The van der Waals surface area contributed by atoms with Crippen molar-refractivity contribution in [2.75, 3.05) is 19.8 Å². The van der Waals surface area contributed by atoms with Gasteiger partial charge in [0.1, 0.15) is 0 Å². The Hall–Kier alpha value is -0.610. The second-order valence-electron chi connectivity index (χ2n) is 4.95. The van der Waals surface area contributed by atoms with Crippen LogP contribution in [0.1, 0.15) is 33.1 Å². The molecule has 1 saturated heterocycles. The van der Waals surface area contributed by atoms with Crippen molar-refractivity contribution in [2.45, 2.75) is 39.2 Å². The number of carbonyl (C=O) groups is 1. The van der Waals surface area contributed by atoms with Crippen LogP contribution in [-0.4, -0.2) is 31.7 Å². The Labute approximate surface area is 91.5 Å². The molecule has 15 heavy (non-hydrogen) atoms. The maximum Gasteiger partial charge on any atom is 0.220 e. The van der Waals surface area contributed by atoms with E-state index in [1.807, 2.05) is 6.92 Å². The van der Waals surface area contributed by atoms with Gasteiger partial charge in [-0.2, -0.15) is 0 Å². The molecule has 1 fully saturated rings. The standard InChI is InChI=1S/C11H22N2O2/c1-9(12)4-3-5-10(14)13-6-11(2)7-15-8-11/h9H,3-8,12H2,1-2H3,(H,13,14). The molecule has 1 heterocycles. The van der Waals surface area contributed by atoms with E-state index in [9.17, 15) is 4.79 Å². The molecule has 0 saturated carbocycles. The van der Waals surface area contributed by atoms with Crippen molar-refractivity contribution >= 4 is 5.91 Å². The molecule has 4 heteroatoms. The highest BCUT2D eigenvalue weighted by Crippen LogP contribution is 2.25. The first-order chi connectivity index (χ1) is 7.02. The highest BCUT2D eigenvalue weighted by molar-refractivity contribution is 5.75. The van der Waals surface area contributed by atoms with E-state index in [0.29, 0.717) is 6.42 Å². The summed E-state index contributed by atoms with van der Waals surface area (Å²) >= 11 is 0.